The fraction of sp³-hybridized carbons (Fsp3) is 0.682. The minimum atomic E-state index is -3.42. The van der Waals surface area contributed by atoms with Crippen molar-refractivity contribution >= 4 is 15.9 Å². The second kappa shape index (κ2) is 10.0. The fourth-order valence-corrected chi connectivity index (χ4v) is 5.48. The number of carbonyl (C=O) groups is 1. The molecule has 1 saturated carbocycles. The number of amides is 1. The largest absolute Gasteiger partial charge is 0.354 e. The van der Waals surface area contributed by atoms with Gasteiger partial charge in [-0.05, 0) is 69.9 Å². The molecule has 3 rings (SSSR count). The number of hydrogen-bond acceptors (Lipinski definition) is 4. The van der Waals surface area contributed by atoms with Gasteiger partial charge in [-0.3, -0.25) is 9.69 Å². The van der Waals surface area contributed by atoms with Crippen molar-refractivity contribution in [3.8, 4) is 0 Å². The SMILES string of the molecule is CNS(=O)(=O)c1ccc(CCC(=O)NCC2(N3CCCCC3)CCCCC2)cc1. The molecule has 1 aliphatic carbocycles. The number of sulfonamides is 1. The maximum absolute atomic E-state index is 12.5. The lowest BCUT2D eigenvalue weighted by atomic mass is 9.79. The number of benzene rings is 1. The molecule has 6 nitrogen and oxygen atoms in total. The Bertz CT molecular complexity index is 765. The van der Waals surface area contributed by atoms with Crippen LogP contribution >= 0.6 is 0 Å². The monoisotopic (exact) mass is 421 g/mol. The van der Waals surface area contributed by atoms with E-state index in [2.05, 4.69) is 14.9 Å². The molecule has 7 heteroatoms. The van der Waals surface area contributed by atoms with Crippen molar-refractivity contribution in [2.45, 2.75) is 74.6 Å². The van der Waals surface area contributed by atoms with Gasteiger partial charge in [0.15, 0.2) is 0 Å². The molecule has 1 amide bonds. The zero-order chi connectivity index (χ0) is 20.7. The lowest BCUT2D eigenvalue weighted by molar-refractivity contribution is -0.122. The smallest absolute Gasteiger partial charge is 0.240 e. The lowest BCUT2D eigenvalue weighted by Gasteiger charge is -2.48. The van der Waals surface area contributed by atoms with E-state index in [0.717, 1.165) is 25.2 Å². The van der Waals surface area contributed by atoms with E-state index in [9.17, 15) is 13.2 Å². The Morgan fingerprint density at radius 3 is 2.24 bits per heavy atom. The van der Waals surface area contributed by atoms with Crippen LogP contribution in [0.5, 0.6) is 0 Å². The van der Waals surface area contributed by atoms with Crippen LogP contribution in [-0.2, 0) is 21.2 Å². The Kier molecular flexibility index (Phi) is 7.71. The summed E-state index contributed by atoms with van der Waals surface area (Å²) in [5.74, 6) is 0.0823. The van der Waals surface area contributed by atoms with Crippen molar-refractivity contribution < 1.29 is 13.2 Å². The van der Waals surface area contributed by atoms with Crippen LogP contribution in [0.4, 0.5) is 0 Å². The molecule has 162 valence electrons. The number of likely N-dealkylation sites (tertiary alicyclic amines) is 1. The first-order valence-electron chi connectivity index (χ1n) is 11.0. The number of hydrogen-bond donors (Lipinski definition) is 2. The van der Waals surface area contributed by atoms with Crippen molar-refractivity contribution in [1.82, 2.24) is 14.9 Å². The molecule has 0 aromatic heterocycles. The van der Waals surface area contributed by atoms with Gasteiger partial charge in [-0.1, -0.05) is 37.8 Å². The van der Waals surface area contributed by atoms with Gasteiger partial charge < -0.3 is 5.32 Å². The van der Waals surface area contributed by atoms with Gasteiger partial charge >= 0.3 is 0 Å². The maximum atomic E-state index is 12.5. The number of rotatable bonds is 8. The molecule has 1 aromatic carbocycles. The van der Waals surface area contributed by atoms with Crippen molar-refractivity contribution in [3.05, 3.63) is 29.8 Å². The molecule has 0 bridgehead atoms. The Morgan fingerprint density at radius 2 is 1.62 bits per heavy atom. The molecule has 2 N–H and O–H groups in total. The highest BCUT2D eigenvalue weighted by molar-refractivity contribution is 7.89. The van der Waals surface area contributed by atoms with Gasteiger partial charge in [0.1, 0.15) is 0 Å². The van der Waals surface area contributed by atoms with E-state index >= 15 is 0 Å². The van der Waals surface area contributed by atoms with Crippen molar-refractivity contribution in [3.63, 3.8) is 0 Å². The topological polar surface area (TPSA) is 78.5 Å². The van der Waals surface area contributed by atoms with Gasteiger partial charge in [0.05, 0.1) is 4.90 Å². The zero-order valence-electron chi connectivity index (χ0n) is 17.6. The summed E-state index contributed by atoms with van der Waals surface area (Å²) in [6, 6.07) is 6.75. The third-order valence-electron chi connectivity index (χ3n) is 6.57. The van der Waals surface area contributed by atoms with Crippen LogP contribution in [-0.4, -0.2) is 51.4 Å². The molecule has 1 aromatic rings. The predicted octanol–water partition coefficient (Wildman–Crippen LogP) is 2.83. The van der Waals surface area contributed by atoms with E-state index in [1.807, 2.05) is 0 Å². The number of piperidine rings is 1. The first-order valence-corrected chi connectivity index (χ1v) is 12.5. The molecule has 0 atom stereocenters. The number of nitrogens with zero attached hydrogens (tertiary/aromatic N) is 1. The summed E-state index contributed by atoms with van der Waals surface area (Å²) in [6.07, 6.45) is 11.1. The van der Waals surface area contributed by atoms with E-state index < -0.39 is 10.0 Å². The summed E-state index contributed by atoms with van der Waals surface area (Å²) >= 11 is 0. The predicted molar refractivity (Wildman–Crippen MR) is 115 cm³/mol. The average molecular weight is 422 g/mol. The van der Waals surface area contributed by atoms with Gasteiger partial charge in [-0.25, -0.2) is 13.1 Å². The molecule has 0 unspecified atom stereocenters. The minimum Gasteiger partial charge on any atom is -0.354 e. The van der Waals surface area contributed by atoms with Crippen LogP contribution in [0.3, 0.4) is 0 Å². The Labute approximate surface area is 175 Å². The molecule has 29 heavy (non-hydrogen) atoms. The molecule has 1 saturated heterocycles. The molecule has 1 aliphatic heterocycles. The van der Waals surface area contributed by atoms with Crippen LogP contribution in [0.2, 0.25) is 0 Å². The normalized spacial score (nSPS) is 20.3. The first-order chi connectivity index (χ1) is 14.0. The molecule has 1 heterocycles. The molecular weight excluding hydrogens is 386 g/mol. The summed E-state index contributed by atoms with van der Waals surface area (Å²) in [5, 5.41) is 3.22. The highest BCUT2D eigenvalue weighted by atomic mass is 32.2. The Morgan fingerprint density at radius 1 is 1.00 bits per heavy atom. The lowest BCUT2D eigenvalue weighted by Crippen LogP contribution is -2.58. The van der Waals surface area contributed by atoms with Crippen LogP contribution in [0.1, 0.15) is 63.4 Å². The van der Waals surface area contributed by atoms with Crippen molar-refractivity contribution in [2.24, 2.45) is 0 Å². The van der Waals surface area contributed by atoms with E-state index in [4.69, 9.17) is 0 Å². The molecule has 2 aliphatic rings. The summed E-state index contributed by atoms with van der Waals surface area (Å²) in [5.41, 5.74) is 1.12. The van der Waals surface area contributed by atoms with E-state index in [0.29, 0.717) is 12.8 Å². The van der Waals surface area contributed by atoms with Gasteiger partial charge in [-0.2, -0.15) is 0 Å². The standard InChI is InChI=1S/C22H35N3O3S/c1-23-29(27,28)20-11-8-19(9-12-20)10-13-21(26)24-18-22(14-4-2-5-15-22)25-16-6-3-7-17-25/h8-9,11-12,23H,2-7,10,13-18H2,1H3,(H,24,26). The number of aryl methyl sites for hydroxylation is 1. The van der Waals surface area contributed by atoms with Crippen LogP contribution in [0.25, 0.3) is 0 Å². The quantitative estimate of drug-likeness (QED) is 0.677. The highest BCUT2D eigenvalue weighted by Gasteiger charge is 2.38. The maximum Gasteiger partial charge on any atom is 0.240 e. The third-order valence-corrected chi connectivity index (χ3v) is 8.00. The summed E-state index contributed by atoms with van der Waals surface area (Å²) in [6.45, 7) is 3.08. The first kappa shape index (κ1) is 22.2. The second-order valence-electron chi connectivity index (χ2n) is 8.46. The third kappa shape index (κ3) is 5.80. The Balaban J connectivity index is 1.52. The second-order valence-corrected chi connectivity index (χ2v) is 10.3. The van der Waals surface area contributed by atoms with Gasteiger partial charge in [0.2, 0.25) is 15.9 Å². The molecule has 0 spiro atoms. The highest BCUT2D eigenvalue weighted by Crippen LogP contribution is 2.35. The van der Waals surface area contributed by atoms with Crippen LogP contribution < -0.4 is 10.0 Å². The molecule has 0 radical (unpaired) electrons. The van der Waals surface area contributed by atoms with Crippen molar-refractivity contribution in [2.75, 3.05) is 26.7 Å². The average Bonchev–Trinajstić information content (AvgIpc) is 2.78. The van der Waals surface area contributed by atoms with E-state index in [-0.39, 0.29) is 16.3 Å². The number of nitrogens with one attached hydrogen (secondary N) is 2. The zero-order valence-corrected chi connectivity index (χ0v) is 18.4. The van der Waals surface area contributed by atoms with Crippen LogP contribution in [0.15, 0.2) is 29.2 Å². The summed E-state index contributed by atoms with van der Waals surface area (Å²) in [7, 11) is -2.02. The van der Waals surface area contributed by atoms with E-state index in [1.165, 1.54) is 58.4 Å². The van der Waals surface area contributed by atoms with Gasteiger partial charge in [0, 0.05) is 18.5 Å². The fourth-order valence-electron chi connectivity index (χ4n) is 4.75. The van der Waals surface area contributed by atoms with Crippen LogP contribution in [0, 0.1) is 0 Å². The summed E-state index contributed by atoms with van der Waals surface area (Å²) in [4.78, 5) is 15.4. The summed E-state index contributed by atoms with van der Waals surface area (Å²) < 4.78 is 25.9. The van der Waals surface area contributed by atoms with E-state index in [1.54, 1.807) is 24.3 Å². The Hall–Kier alpha value is -1.44. The van der Waals surface area contributed by atoms with Crippen molar-refractivity contribution in [1.29, 1.82) is 0 Å². The number of carbonyl (C=O) groups excluding carboxylic acids is 1. The van der Waals surface area contributed by atoms with Gasteiger partial charge in [0.25, 0.3) is 0 Å². The minimum absolute atomic E-state index is 0.0823. The molecular formula is C22H35N3O3S. The van der Waals surface area contributed by atoms with Gasteiger partial charge in [-0.15, -0.1) is 0 Å². The molecule has 2 fully saturated rings.